The summed E-state index contributed by atoms with van der Waals surface area (Å²) in [6.45, 7) is 0. The first-order valence-corrected chi connectivity index (χ1v) is 6.50. The Balaban J connectivity index is 2.37. The minimum absolute atomic E-state index is 0.000711. The summed E-state index contributed by atoms with van der Waals surface area (Å²) in [6, 6.07) is 11.3. The number of benzene rings is 2. The molecule has 2 aromatic rings. The van der Waals surface area contributed by atoms with Gasteiger partial charge in [0.2, 0.25) is 0 Å². The summed E-state index contributed by atoms with van der Waals surface area (Å²) in [4.78, 5) is 0. The highest BCUT2D eigenvalue weighted by atomic mass is 35.5. The van der Waals surface area contributed by atoms with Crippen molar-refractivity contribution in [3.8, 4) is 5.75 Å². The molecule has 0 spiro atoms. The Labute approximate surface area is 121 Å². The second-order valence-electron chi connectivity index (χ2n) is 4.29. The van der Waals surface area contributed by atoms with Crippen molar-refractivity contribution in [3.63, 3.8) is 0 Å². The minimum Gasteiger partial charge on any atom is -0.508 e. The Hall–Kier alpha value is -1.26. The quantitative estimate of drug-likeness (QED) is 0.813. The monoisotopic (exact) mass is 296 g/mol. The SMILES string of the molecule is NC(c1ccccc1)C(N)c1c(Cl)cc(O)cc1Cl. The second-order valence-corrected chi connectivity index (χ2v) is 5.10. The zero-order valence-corrected chi connectivity index (χ0v) is 11.6. The van der Waals surface area contributed by atoms with Crippen LogP contribution in [0.15, 0.2) is 42.5 Å². The number of hydrogen-bond donors (Lipinski definition) is 3. The van der Waals surface area contributed by atoms with Crippen molar-refractivity contribution in [2.45, 2.75) is 12.1 Å². The van der Waals surface area contributed by atoms with Crippen molar-refractivity contribution in [1.29, 1.82) is 0 Å². The summed E-state index contributed by atoms with van der Waals surface area (Å²) in [6.07, 6.45) is 0. The maximum atomic E-state index is 9.41. The van der Waals surface area contributed by atoms with Crippen LogP contribution in [0.1, 0.15) is 23.2 Å². The van der Waals surface area contributed by atoms with Crippen LogP contribution in [0.4, 0.5) is 0 Å². The Kier molecular flexibility index (Phi) is 4.32. The van der Waals surface area contributed by atoms with E-state index in [9.17, 15) is 5.11 Å². The molecule has 2 rings (SSSR count). The fourth-order valence-corrected chi connectivity index (χ4v) is 2.68. The molecule has 0 saturated carbocycles. The molecule has 0 saturated heterocycles. The Morgan fingerprint density at radius 3 is 1.95 bits per heavy atom. The molecule has 0 fully saturated rings. The van der Waals surface area contributed by atoms with Gasteiger partial charge in [0.1, 0.15) is 5.75 Å². The molecule has 0 aliphatic carbocycles. The summed E-state index contributed by atoms with van der Waals surface area (Å²) in [5.74, 6) is -0.000711. The van der Waals surface area contributed by atoms with E-state index in [-0.39, 0.29) is 5.75 Å². The second kappa shape index (κ2) is 5.80. The summed E-state index contributed by atoms with van der Waals surface area (Å²) in [7, 11) is 0. The molecule has 0 aliphatic heterocycles. The number of rotatable bonds is 3. The first-order chi connectivity index (χ1) is 9.00. The fraction of sp³-hybridized carbons (Fsp3) is 0.143. The molecule has 2 aromatic carbocycles. The highest BCUT2D eigenvalue weighted by Crippen LogP contribution is 2.37. The topological polar surface area (TPSA) is 72.3 Å². The van der Waals surface area contributed by atoms with Gasteiger partial charge < -0.3 is 16.6 Å². The third-order valence-corrected chi connectivity index (χ3v) is 3.59. The van der Waals surface area contributed by atoms with Crippen LogP contribution in [0.25, 0.3) is 0 Å². The minimum atomic E-state index is -0.553. The van der Waals surface area contributed by atoms with E-state index in [0.29, 0.717) is 15.6 Å². The van der Waals surface area contributed by atoms with Crippen LogP contribution in [0.2, 0.25) is 10.0 Å². The van der Waals surface area contributed by atoms with Crippen LogP contribution >= 0.6 is 23.2 Å². The Morgan fingerprint density at radius 2 is 1.42 bits per heavy atom. The lowest BCUT2D eigenvalue weighted by Crippen LogP contribution is -2.27. The van der Waals surface area contributed by atoms with Crippen molar-refractivity contribution in [2.75, 3.05) is 0 Å². The van der Waals surface area contributed by atoms with Gasteiger partial charge in [-0.2, -0.15) is 0 Å². The highest BCUT2D eigenvalue weighted by molar-refractivity contribution is 6.36. The first kappa shape index (κ1) is 14.2. The molecule has 0 aliphatic rings. The molecule has 19 heavy (non-hydrogen) atoms. The van der Waals surface area contributed by atoms with E-state index in [1.54, 1.807) is 0 Å². The maximum Gasteiger partial charge on any atom is 0.118 e. The largest absolute Gasteiger partial charge is 0.508 e. The first-order valence-electron chi connectivity index (χ1n) is 5.74. The zero-order chi connectivity index (χ0) is 14.0. The van der Waals surface area contributed by atoms with Gasteiger partial charge in [0, 0.05) is 11.6 Å². The van der Waals surface area contributed by atoms with Gasteiger partial charge in [0.25, 0.3) is 0 Å². The standard InChI is InChI=1S/C14H14Cl2N2O/c15-10-6-9(19)7-11(16)12(10)14(18)13(17)8-4-2-1-3-5-8/h1-7,13-14,19H,17-18H2. The number of halogens is 2. The van der Waals surface area contributed by atoms with Gasteiger partial charge >= 0.3 is 0 Å². The van der Waals surface area contributed by atoms with Gasteiger partial charge in [-0.05, 0) is 17.7 Å². The summed E-state index contributed by atoms with van der Waals surface area (Å²) < 4.78 is 0. The molecule has 2 atom stereocenters. The predicted octanol–water partition coefficient (Wildman–Crippen LogP) is 3.40. The molecule has 0 radical (unpaired) electrons. The number of hydrogen-bond acceptors (Lipinski definition) is 3. The summed E-state index contributed by atoms with van der Waals surface area (Å²) in [5.41, 5.74) is 13.7. The molecule has 5 N–H and O–H groups in total. The van der Waals surface area contributed by atoms with Crippen molar-refractivity contribution < 1.29 is 5.11 Å². The number of aromatic hydroxyl groups is 1. The van der Waals surface area contributed by atoms with E-state index in [4.69, 9.17) is 34.7 Å². The molecule has 3 nitrogen and oxygen atoms in total. The number of nitrogens with two attached hydrogens (primary N) is 2. The normalized spacial score (nSPS) is 14.1. The van der Waals surface area contributed by atoms with Gasteiger partial charge in [0.05, 0.1) is 16.1 Å². The number of phenolic OH excluding ortho intramolecular Hbond substituents is 1. The summed E-state index contributed by atoms with van der Waals surface area (Å²) >= 11 is 12.2. The van der Waals surface area contributed by atoms with Crippen LogP contribution in [0, 0.1) is 0 Å². The van der Waals surface area contributed by atoms with Gasteiger partial charge in [0.15, 0.2) is 0 Å². The van der Waals surface area contributed by atoms with E-state index >= 15 is 0 Å². The van der Waals surface area contributed by atoms with Crippen LogP contribution in [-0.2, 0) is 0 Å². The molecule has 100 valence electrons. The van der Waals surface area contributed by atoms with Crippen molar-refractivity contribution in [1.82, 2.24) is 0 Å². The number of phenols is 1. The van der Waals surface area contributed by atoms with Crippen LogP contribution in [0.3, 0.4) is 0 Å². The predicted molar refractivity (Wildman–Crippen MR) is 78.4 cm³/mol. The molecule has 5 heteroatoms. The Bertz CT molecular complexity index is 552. The molecule has 0 bridgehead atoms. The van der Waals surface area contributed by atoms with Crippen molar-refractivity contribution >= 4 is 23.2 Å². The zero-order valence-electron chi connectivity index (χ0n) is 10.1. The van der Waals surface area contributed by atoms with Crippen LogP contribution < -0.4 is 11.5 Å². The smallest absolute Gasteiger partial charge is 0.118 e. The van der Waals surface area contributed by atoms with E-state index in [1.165, 1.54) is 12.1 Å². The lowest BCUT2D eigenvalue weighted by molar-refractivity contribution is 0.474. The van der Waals surface area contributed by atoms with Gasteiger partial charge in [-0.15, -0.1) is 0 Å². The van der Waals surface area contributed by atoms with E-state index < -0.39 is 12.1 Å². The Morgan fingerprint density at radius 1 is 0.895 bits per heavy atom. The van der Waals surface area contributed by atoms with Crippen LogP contribution in [0.5, 0.6) is 5.75 Å². The fourth-order valence-electron chi connectivity index (χ4n) is 1.95. The van der Waals surface area contributed by atoms with E-state index in [0.717, 1.165) is 5.56 Å². The van der Waals surface area contributed by atoms with Gasteiger partial charge in [-0.25, -0.2) is 0 Å². The molecule has 0 aromatic heterocycles. The van der Waals surface area contributed by atoms with Gasteiger partial charge in [-0.3, -0.25) is 0 Å². The maximum absolute atomic E-state index is 9.41. The average Bonchev–Trinajstić information content (AvgIpc) is 2.37. The third kappa shape index (κ3) is 3.01. The molecule has 2 unspecified atom stereocenters. The van der Waals surface area contributed by atoms with E-state index in [1.807, 2.05) is 30.3 Å². The highest BCUT2D eigenvalue weighted by Gasteiger charge is 2.22. The molecule has 0 amide bonds. The summed E-state index contributed by atoms with van der Waals surface area (Å²) in [5, 5.41) is 10.0. The molecule has 0 heterocycles. The average molecular weight is 297 g/mol. The third-order valence-electron chi connectivity index (χ3n) is 2.97. The van der Waals surface area contributed by atoms with E-state index in [2.05, 4.69) is 0 Å². The molecular formula is C14H14Cl2N2O. The van der Waals surface area contributed by atoms with Crippen molar-refractivity contribution in [3.05, 3.63) is 63.6 Å². The molecular weight excluding hydrogens is 283 g/mol. The lowest BCUT2D eigenvalue weighted by atomic mass is 9.94. The van der Waals surface area contributed by atoms with Crippen LogP contribution in [-0.4, -0.2) is 5.11 Å². The van der Waals surface area contributed by atoms with Crippen molar-refractivity contribution in [2.24, 2.45) is 11.5 Å². The lowest BCUT2D eigenvalue weighted by Gasteiger charge is -2.22. The van der Waals surface area contributed by atoms with Gasteiger partial charge in [-0.1, -0.05) is 53.5 Å².